The van der Waals surface area contributed by atoms with Gasteiger partial charge in [-0.15, -0.1) is 11.3 Å². The molecule has 1 aliphatic rings. The van der Waals surface area contributed by atoms with E-state index in [9.17, 15) is 10.1 Å². The summed E-state index contributed by atoms with van der Waals surface area (Å²) in [6, 6.07) is 11.9. The van der Waals surface area contributed by atoms with Gasteiger partial charge < -0.3 is 19.1 Å². The quantitative estimate of drug-likeness (QED) is 0.470. The number of carbonyl (C=O) groups is 1. The van der Waals surface area contributed by atoms with E-state index >= 15 is 0 Å². The molecule has 2 heterocycles. The number of nitriles is 1. The molecule has 7 heteroatoms. The molecule has 3 rings (SSSR count). The maximum Gasteiger partial charge on any atom is 0.305 e. The minimum atomic E-state index is -0.129. The molecule has 0 N–H and O–H groups in total. The number of rotatable bonds is 7. The van der Waals surface area contributed by atoms with E-state index < -0.39 is 0 Å². The van der Waals surface area contributed by atoms with E-state index in [2.05, 4.69) is 17.0 Å². The van der Waals surface area contributed by atoms with Crippen molar-refractivity contribution in [2.75, 3.05) is 32.2 Å². The molecule has 0 bridgehead atoms. The number of hydrogen-bond acceptors (Lipinski definition) is 7. The van der Waals surface area contributed by atoms with Crippen LogP contribution < -0.4 is 14.4 Å². The fourth-order valence-corrected chi connectivity index (χ4v) is 4.38. The standard InChI is InChI=1S/C23H26N2O4S/c1-4-23(26)29-18-9-11-25(12-10-18)22-8-6-19(30-22)13-17(15-24)16-5-7-20(27-2)21(14-16)28-3/h5-8,13-14,18H,4,9-12H2,1-3H3/b17-13+. The second-order valence-corrected chi connectivity index (χ2v) is 8.04. The summed E-state index contributed by atoms with van der Waals surface area (Å²) in [4.78, 5) is 14.8. The first-order chi connectivity index (χ1) is 14.6. The monoisotopic (exact) mass is 426 g/mol. The number of piperidine rings is 1. The lowest BCUT2D eigenvalue weighted by atomic mass is 10.1. The van der Waals surface area contributed by atoms with Crippen LogP contribution in [-0.4, -0.2) is 39.4 Å². The molecule has 1 fully saturated rings. The molecule has 0 amide bonds. The lowest BCUT2D eigenvalue weighted by molar-refractivity contribution is -0.149. The van der Waals surface area contributed by atoms with Crippen LogP contribution in [0, 0.1) is 11.3 Å². The highest BCUT2D eigenvalue weighted by atomic mass is 32.1. The Morgan fingerprint density at radius 2 is 1.93 bits per heavy atom. The van der Waals surface area contributed by atoms with E-state index in [1.807, 2.05) is 31.2 Å². The van der Waals surface area contributed by atoms with Crippen LogP contribution in [0.1, 0.15) is 36.6 Å². The highest BCUT2D eigenvalue weighted by molar-refractivity contribution is 7.17. The largest absolute Gasteiger partial charge is 0.493 e. The molecule has 0 aliphatic carbocycles. The van der Waals surface area contributed by atoms with E-state index in [1.165, 1.54) is 0 Å². The summed E-state index contributed by atoms with van der Waals surface area (Å²) in [5.41, 5.74) is 1.35. The lowest BCUT2D eigenvalue weighted by Crippen LogP contribution is -2.37. The Hall–Kier alpha value is -2.98. The second kappa shape index (κ2) is 10.2. The fraction of sp³-hybridized carbons (Fsp3) is 0.391. The Morgan fingerprint density at radius 3 is 2.57 bits per heavy atom. The number of thiophene rings is 1. The Bertz CT molecular complexity index is 952. The first-order valence-corrected chi connectivity index (χ1v) is 10.8. The molecule has 0 atom stereocenters. The summed E-state index contributed by atoms with van der Waals surface area (Å²) >= 11 is 1.65. The number of allylic oxidation sites excluding steroid dienone is 1. The predicted octanol–water partition coefficient (Wildman–Crippen LogP) is 4.75. The number of nitrogens with zero attached hydrogens (tertiary/aromatic N) is 2. The normalized spacial score (nSPS) is 14.9. The number of carbonyl (C=O) groups excluding carboxylic acids is 1. The topological polar surface area (TPSA) is 71.8 Å². The van der Waals surface area contributed by atoms with Gasteiger partial charge in [0.2, 0.25) is 0 Å². The third-order valence-electron chi connectivity index (χ3n) is 5.05. The van der Waals surface area contributed by atoms with E-state index in [0.717, 1.165) is 41.4 Å². The first-order valence-electron chi connectivity index (χ1n) is 9.96. The third-order valence-corrected chi connectivity index (χ3v) is 6.15. The molecular formula is C23H26N2O4S. The average Bonchev–Trinajstić information content (AvgIpc) is 3.26. The molecule has 0 unspecified atom stereocenters. The molecule has 1 saturated heterocycles. The molecule has 158 valence electrons. The van der Waals surface area contributed by atoms with Crippen LogP contribution in [0.25, 0.3) is 11.6 Å². The zero-order valence-corrected chi connectivity index (χ0v) is 18.3. The fourth-order valence-electron chi connectivity index (χ4n) is 3.38. The van der Waals surface area contributed by atoms with Gasteiger partial charge in [0, 0.05) is 37.2 Å². The first kappa shape index (κ1) is 21.7. The van der Waals surface area contributed by atoms with Crippen molar-refractivity contribution in [1.29, 1.82) is 5.26 Å². The molecule has 1 aromatic heterocycles. The van der Waals surface area contributed by atoms with Crippen molar-refractivity contribution >= 4 is 34.0 Å². The Kier molecular flexibility index (Phi) is 7.36. The SMILES string of the molecule is CCC(=O)OC1CCN(c2ccc(/C=C(\C#N)c3ccc(OC)c(OC)c3)s2)CC1. The number of ether oxygens (including phenoxy) is 3. The van der Waals surface area contributed by atoms with Crippen molar-refractivity contribution in [3.63, 3.8) is 0 Å². The molecule has 0 spiro atoms. The Balaban J connectivity index is 1.70. The maximum atomic E-state index is 11.5. The summed E-state index contributed by atoms with van der Waals surface area (Å²) in [7, 11) is 3.16. The highest BCUT2D eigenvalue weighted by Gasteiger charge is 2.22. The number of anilines is 1. The average molecular weight is 427 g/mol. The van der Waals surface area contributed by atoms with Crippen LogP contribution in [0.4, 0.5) is 5.00 Å². The second-order valence-electron chi connectivity index (χ2n) is 6.95. The predicted molar refractivity (Wildman–Crippen MR) is 119 cm³/mol. The Labute approximate surface area is 181 Å². The van der Waals surface area contributed by atoms with E-state index in [4.69, 9.17) is 14.2 Å². The molecule has 6 nitrogen and oxygen atoms in total. The Morgan fingerprint density at radius 1 is 1.20 bits per heavy atom. The van der Waals surface area contributed by atoms with Crippen molar-refractivity contribution in [2.24, 2.45) is 0 Å². The number of esters is 1. The number of hydrogen-bond donors (Lipinski definition) is 0. The van der Waals surface area contributed by atoms with Crippen LogP contribution in [0.5, 0.6) is 11.5 Å². The van der Waals surface area contributed by atoms with Crippen LogP contribution in [-0.2, 0) is 9.53 Å². The van der Waals surface area contributed by atoms with Crippen molar-refractivity contribution in [2.45, 2.75) is 32.3 Å². The summed E-state index contributed by atoms with van der Waals surface area (Å²) in [5.74, 6) is 1.09. The smallest absolute Gasteiger partial charge is 0.305 e. The van der Waals surface area contributed by atoms with Gasteiger partial charge in [0.05, 0.1) is 30.9 Å². The molecule has 30 heavy (non-hydrogen) atoms. The van der Waals surface area contributed by atoms with Gasteiger partial charge in [0.15, 0.2) is 11.5 Å². The number of methoxy groups -OCH3 is 2. The van der Waals surface area contributed by atoms with Gasteiger partial charge in [-0.05, 0) is 42.0 Å². The molecule has 1 aromatic carbocycles. The highest BCUT2D eigenvalue weighted by Crippen LogP contribution is 2.34. The summed E-state index contributed by atoms with van der Waals surface area (Å²) < 4.78 is 16.1. The van der Waals surface area contributed by atoms with Crippen LogP contribution >= 0.6 is 11.3 Å². The number of benzene rings is 1. The molecule has 1 aliphatic heterocycles. The molecule has 2 aromatic rings. The van der Waals surface area contributed by atoms with Crippen LogP contribution in [0.3, 0.4) is 0 Å². The molecule has 0 radical (unpaired) electrons. The van der Waals surface area contributed by atoms with Gasteiger partial charge in [0.1, 0.15) is 6.10 Å². The zero-order valence-electron chi connectivity index (χ0n) is 17.5. The van der Waals surface area contributed by atoms with Crippen molar-refractivity contribution in [3.8, 4) is 17.6 Å². The summed E-state index contributed by atoms with van der Waals surface area (Å²) in [5, 5.41) is 10.8. The van der Waals surface area contributed by atoms with Gasteiger partial charge in [-0.1, -0.05) is 6.92 Å². The van der Waals surface area contributed by atoms with Crippen LogP contribution in [0.15, 0.2) is 30.3 Å². The van der Waals surface area contributed by atoms with E-state index in [-0.39, 0.29) is 12.1 Å². The summed E-state index contributed by atoms with van der Waals surface area (Å²) in [6.07, 6.45) is 4.00. The van der Waals surface area contributed by atoms with Gasteiger partial charge in [-0.25, -0.2) is 0 Å². The van der Waals surface area contributed by atoms with Gasteiger partial charge >= 0.3 is 5.97 Å². The van der Waals surface area contributed by atoms with E-state index in [1.54, 1.807) is 31.6 Å². The maximum absolute atomic E-state index is 11.5. The minimum Gasteiger partial charge on any atom is -0.493 e. The molecular weight excluding hydrogens is 400 g/mol. The minimum absolute atomic E-state index is 0.0169. The zero-order chi connectivity index (χ0) is 21.5. The summed E-state index contributed by atoms with van der Waals surface area (Å²) in [6.45, 7) is 3.52. The van der Waals surface area contributed by atoms with Crippen LogP contribution in [0.2, 0.25) is 0 Å². The van der Waals surface area contributed by atoms with Crippen molar-refractivity contribution in [1.82, 2.24) is 0 Å². The van der Waals surface area contributed by atoms with Crippen molar-refractivity contribution in [3.05, 3.63) is 40.8 Å². The van der Waals surface area contributed by atoms with Gasteiger partial charge in [0.25, 0.3) is 0 Å². The third kappa shape index (κ3) is 5.14. The van der Waals surface area contributed by atoms with Crippen molar-refractivity contribution < 1.29 is 19.0 Å². The van der Waals surface area contributed by atoms with E-state index in [0.29, 0.717) is 23.5 Å². The van der Waals surface area contributed by atoms with Gasteiger partial charge in [-0.3, -0.25) is 4.79 Å². The molecule has 0 saturated carbocycles. The lowest BCUT2D eigenvalue weighted by Gasteiger charge is -2.32. The van der Waals surface area contributed by atoms with Gasteiger partial charge in [-0.2, -0.15) is 5.26 Å².